The molecule has 3 aromatic rings. The van der Waals surface area contributed by atoms with E-state index in [9.17, 15) is 0 Å². The molecule has 0 bridgehead atoms. The second kappa shape index (κ2) is 8.70. The molecule has 1 fully saturated rings. The monoisotopic (exact) mass is 372 g/mol. The number of ether oxygens (including phenoxy) is 2. The van der Waals surface area contributed by atoms with E-state index in [1.807, 2.05) is 36.4 Å². The van der Waals surface area contributed by atoms with Crippen LogP contribution in [-0.2, 0) is 0 Å². The Bertz CT molecular complexity index is 933. The Labute approximate surface area is 165 Å². The fourth-order valence-electron chi connectivity index (χ4n) is 3.61. The molecule has 2 aromatic carbocycles. The predicted molar refractivity (Wildman–Crippen MR) is 111 cm³/mol. The molecule has 0 N–H and O–H groups in total. The van der Waals surface area contributed by atoms with Crippen LogP contribution in [0.25, 0.3) is 11.6 Å². The molecule has 0 spiro atoms. The molecular formula is C24H24N2O2. The van der Waals surface area contributed by atoms with E-state index in [0.29, 0.717) is 0 Å². The van der Waals surface area contributed by atoms with Gasteiger partial charge in [0.2, 0.25) is 0 Å². The molecule has 1 heterocycles. The molecule has 0 aliphatic heterocycles. The number of methoxy groups -OCH3 is 1. The average Bonchev–Trinajstić information content (AvgIpc) is 3.26. The van der Waals surface area contributed by atoms with Gasteiger partial charge in [0, 0.05) is 6.20 Å². The Morgan fingerprint density at radius 1 is 0.929 bits per heavy atom. The highest BCUT2D eigenvalue weighted by atomic mass is 16.5. The zero-order chi connectivity index (χ0) is 19.2. The highest BCUT2D eigenvalue weighted by Crippen LogP contribution is 2.36. The van der Waals surface area contributed by atoms with E-state index in [2.05, 4.69) is 40.5 Å². The van der Waals surface area contributed by atoms with Crippen LogP contribution in [0, 0.1) is 0 Å². The third kappa shape index (κ3) is 4.22. The summed E-state index contributed by atoms with van der Waals surface area (Å²) in [6, 6.07) is 20.3. The normalized spacial score (nSPS) is 14.8. The number of benzene rings is 2. The molecule has 1 saturated carbocycles. The molecule has 1 aromatic heterocycles. The maximum Gasteiger partial charge on any atom is 0.162 e. The van der Waals surface area contributed by atoms with E-state index in [1.165, 1.54) is 12.8 Å². The van der Waals surface area contributed by atoms with Crippen molar-refractivity contribution in [2.45, 2.75) is 31.8 Å². The molecule has 1 aliphatic rings. The van der Waals surface area contributed by atoms with Crippen LogP contribution in [0.1, 0.15) is 42.5 Å². The average molecular weight is 372 g/mol. The summed E-state index contributed by atoms with van der Waals surface area (Å²) in [5.41, 5.74) is 4.06. The molecule has 0 atom stereocenters. The van der Waals surface area contributed by atoms with Crippen molar-refractivity contribution < 1.29 is 9.47 Å². The first-order valence-electron chi connectivity index (χ1n) is 9.73. The summed E-state index contributed by atoms with van der Waals surface area (Å²) >= 11 is 0. The van der Waals surface area contributed by atoms with Crippen LogP contribution in [0.2, 0.25) is 0 Å². The number of hydrogen-bond acceptors (Lipinski definition) is 4. The Hall–Kier alpha value is -3.14. The van der Waals surface area contributed by atoms with Crippen LogP contribution >= 0.6 is 0 Å². The zero-order valence-corrected chi connectivity index (χ0v) is 16.0. The first kappa shape index (κ1) is 18.2. The van der Waals surface area contributed by atoms with Crippen molar-refractivity contribution in [3.63, 3.8) is 0 Å². The van der Waals surface area contributed by atoms with Gasteiger partial charge in [-0.1, -0.05) is 36.4 Å². The minimum absolute atomic E-state index is 0.272. The maximum atomic E-state index is 6.29. The van der Waals surface area contributed by atoms with Crippen molar-refractivity contribution in [1.82, 2.24) is 10.2 Å². The minimum Gasteiger partial charge on any atom is -0.493 e. The van der Waals surface area contributed by atoms with Crippen LogP contribution in [0.3, 0.4) is 0 Å². The van der Waals surface area contributed by atoms with E-state index in [4.69, 9.17) is 9.47 Å². The second-order valence-electron chi connectivity index (χ2n) is 6.96. The van der Waals surface area contributed by atoms with E-state index in [-0.39, 0.29) is 6.10 Å². The number of aromatic nitrogens is 2. The highest BCUT2D eigenvalue weighted by molar-refractivity contribution is 5.91. The standard InChI is InChI=1S/C24H24N2O2/c1-27-23-14-13-19(16-24(23)28-21-11-5-6-12-21)22(18-8-3-2-4-9-18)17-20-10-7-15-25-26-20/h2-4,7-10,13-17,21H,5-6,11-12H2,1H3. The Kier molecular flexibility index (Phi) is 5.66. The van der Waals surface area contributed by atoms with Crippen LogP contribution in [-0.4, -0.2) is 23.4 Å². The first-order chi connectivity index (χ1) is 13.8. The fraction of sp³-hybridized carbons (Fsp3) is 0.250. The lowest BCUT2D eigenvalue weighted by atomic mass is 9.96. The largest absolute Gasteiger partial charge is 0.493 e. The number of nitrogens with zero attached hydrogens (tertiary/aromatic N) is 2. The van der Waals surface area contributed by atoms with Gasteiger partial charge >= 0.3 is 0 Å². The fourth-order valence-corrected chi connectivity index (χ4v) is 3.61. The summed E-state index contributed by atoms with van der Waals surface area (Å²) in [4.78, 5) is 0. The summed E-state index contributed by atoms with van der Waals surface area (Å²) in [5.74, 6) is 1.57. The summed E-state index contributed by atoms with van der Waals surface area (Å²) in [6.07, 6.45) is 8.68. The molecule has 0 unspecified atom stereocenters. The summed E-state index contributed by atoms with van der Waals surface area (Å²) in [5, 5.41) is 8.23. The quantitative estimate of drug-likeness (QED) is 0.581. The molecule has 28 heavy (non-hydrogen) atoms. The Morgan fingerprint density at radius 3 is 2.46 bits per heavy atom. The molecule has 1 aliphatic carbocycles. The summed E-state index contributed by atoms with van der Waals surface area (Å²) < 4.78 is 11.8. The number of hydrogen-bond donors (Lipinski definition) is 0. The van der Waals surface area contributed by atoms with Gasteiger partial charge in [-0.15, -0.1) is 0 Å². The van der Waals surface area contributed by atoms with Gasteiger partial charge < -0.3 is 9.47 Å². The van der Waals surface area contributed by atoms with Crippen molar-refractivity contribution in [3.05, 3.63) is 83.7 Å². The van der Waals surface area contributed by atoms with Gasteiger partial charge in [0.05, 0.1) is 18.9 Å². The van der Waals surface area contributed by atoms with Crippen molar-refractivity contribution in [2.75, 3.05) is 7.11 Å². The van der Waals surface area contributed by atoms with Crippen LogP contribution in [0.15, 0.2) is 66.9 Å². The third-order valence-corrected chi connectivity index (χ3v) is 5.04. The second-order valence-corrected chi connectivity index (χ2v) is 6.96. The van der Waals surface area contributed by atoms with Crippen LogP contribution in [0.4, 0.5) is 0 Å². The van der Waals surface area contributed by atoms with E-state index in [1.54, 1.807) is 13.3 Å². The van der Waals surface area contributed by atoms with Gasteiger partial charge in [0.1, 0.15) is 0 Å². The van der Waals surface area contributed by atoms with Gasteiger partial charge in [0.15, 0.2) is 11.5 Å². The van der Waals surface area contributed by atoms with Crippen LogP contribution in [0.5, 0.6) is 11.5 Å². The topological polar surface area (TPSA) is 44.2 Å². The lowest BCUT2D eigenvalue weighted by Gasteiger charge is -2.18. The Morgan fingerprint density at radius 2 is 1.75 bits per heavy atom. The summed E-state index contributed by atoms with van der Waals surface area (Å²) in [6.45, 7) is 0. The lowest BCUT2D eigenvalue weighted by molar-refractivity contribution is 0.201. The minimum atomic E-state index is 0.272. The van der Waals surface area contributed by atoms with E-state index < -0.39 is 0 Å². The van der Waals surface area contributed by atoms with E-state index in [0.717, 1.165) is 46.7 Å². The van der Waals surface area contributed by atoms with Gasteiger partial charge in [-0.05, 0) is 72.7 Å². The van der Waals surface area contributed by atoms with Crippen LogP contribution < -0.4 is 9.47 Å². The smallest absolute Gasteiger partial charge is 0.162 e. The maximum absolute atomic E-state index is 6.29. The predicted octanol–water partition coefficient (Wildman–Crippen LogP) is 5.40. The molecule has 142 valence electrons. The van der Waals surface area contributed by atoms with Crippen molar-refractivity contribution in [2.24, 2.45) is 0 Å². The zero-order valence-electron chi connectivity index (χ0n) is 16.0. The molecule has 0 amide bonds. The highest BCUT2D eigenvalue weighted by Gasteiger charge is 2.19. The molecule has 4 heteroatoms. The van der Waals surface area contributed by atoms with Gasteiger partial charge in [-0.3, -0.25) is 0 Å². The first-order valence-corrected chi connectivity index (χ1v) is 9.73. The van der Waals surface area contributed by atoms with Crippen molar-refractivity contribution in [3.8, 4) is 11.5 Å². The van der Waals surface area contributed by atoms with Crippen molar-refractivity contribution >= 4 is 11.6 Å². The van der Waals surface area contributed by atoms with Gasteiger partial charge in [0.25, 0.3) is 0 Å². The molecular weight excluding hydrogens is 348 g/mol. The SMILES string of the molecule is COc1ccc(C(=Cc2cccnn2)c2ccccc2)cc1OC1CCCC1. The molecule has 0 saturated heterocycles. The van der Waals surface area contributed by atoms with Gasteiger partial charge in [-0.25, -0.2) is 0 Å². The summed E-state index contributed by atoms with van der Waals surface area (Å²) in [7, 11) is 1.68. The van der Waals surface area contributed by atoms with Crippen molar-refractivity contribution in [1.29, 1.82) is 0 Å². The van der Waals surface area contributed by atoms with E-state index >= 15 is 0 Å². The molecule has 4 rings (SSSR count). The molecule has 0 radical (unpaired) electrons. The third-order valence-electron chi connectivity index (χ3n) is 5.04. The lowest BCUT2D eigenvalue weighted by Crippen LogP contribution is -2.11. The Balaban J connectivity index is 1.76. The van der Waals surface area contributed by atoms with Gasteiger partial charge in [-0.2, -0.15) is 10.2 Å². The number of rotatable bonds is 6. The molecule has 4 nitrogen and oxygen atoms in total.